The van der Waals surface area contributed by atoms with Crippen LogP contribution >= 0.6 is 11.3 Å². The maximum Gasteiger partial charge on any atom is 0.263 e. The fourth-order valence-electron chi connectivity index (χ4n) is 4.82. The maximum atomic E-state index is 13.7. The van der Waals surface area contributed by atoms with Crippen LogP contribution in [0.3, 0.4) is 0 Å². The molecule has 6 rings (SSSR count). The number of fused-ring (bicyclic) bond motifs is 2. The minimum absolute atomic E-state index is 0.120. The van der Waals surface area contributed by atoms with E-state index in [0.29, 0.717) is 23.4 Å². The quantitative estimate of drug-likeness (QED) is 0.457. The third-order valence-electron chi connectivity index (χ3n) is 6.75. The Morgan fingerprint density at radius 2 is 1.71 bits per heavy atom. The minimum atomic E-state index is -0.677. The van der Waals surface area contributed by atoms with Crippen molar-refractivity contribution < 1.29 is 4.79 Å². The monoisotopic (exact) mass is 471 g/mol. The number of hydrogen-bond acceptors (Lipinski definition) is 6. The molecule has 4 aromatic rings. The van der Waals surface area contributed by atoms with E-state index in [9.17, 15) is 9.59 Å². The van der Waals surface area contributed by atoms with Gasteiger partial charge >= 0.3 is 0 Å². The summed E-state index contributed by atoms with van der Waals surface area (Å²) in [6.07, 6.45) is 0. The number of carbonyl (C=O) groups is 1. The summed E-state index contributed by atoms with van der Waals surface area (Å²) >= 11 is 1.48. The summed E-state index contributed by atoms with van der Waals surface area (Å²) in [5.41, 5.74) is 2.63. The largest absolute Gasteiger partial charge is 0.369 e. The molecule has 2 aromatic carbocycles. The predicted octanol–water partition coefficient (Wildman–Crippen LogP) is 3.35. The van der Waals surface area contributed by atoms with E-state index in [1.165, 1.54) is 17.0 Å². The van der Waals surface area contributed by atoms with Gasteiger partial charge in [-0.1, -0.05) is 30.3 Å². The highest BCUT2D eigenvalue weighted by Gasteiger charge is 2.41. The van der Waals surface area contributed by atoms with Gasteiger partial charge < -0.3 is 9.80 Å². The summed E-state index contributed by atoms with van der Waals surface area (Å²) < 4.78 is 1.56. The number of anilines is 2. The molecule has 1 atom stereocenters. The normalized spacial score (nSPS) is 18.6. The minimum Gasteiger partial charge on any atom is -0.369 e. The van der Waals surface area contributed by atoms with Crippen LogP contribution in [0.5, 0.6) is 0 Å². The number of benzene rings is 2. The Balaban J connectivity index is 1.36. The lowest BCUT2D eigenvalue weighted by Gasteiger charge is -2.34. The topological polar surface area (TPSA) is 61.7 Å². The van der Waals surface area contributed by atoms with E-state index in [1.807, 2.05) is 35.7 Å². The molecule has 0 saturated carbocycles. The molecule has 1 amide bonds. The van der Waals surface area contributed by atoms with E-state index in [2.05, 4.69) is 41.1 Å². The van der Waals surface area contributed by atoms with Crippen molar-refractivity contribution in [1.29, 1.82) is 0 Å². The van der Waals surface area contributed by atoms with Gasteiger partial charge in [0.25, 0.3) is 11.5 Å². The van der Waals surface area contributed by atoms with Gasteiger partial charge in [0.2, 0.25) is 5.95 Å². The van der Waals surface area contributed by atoms with Gasteiger partial charge in [-0.2, -0.15) is 0 Å². The number of amides is 1. The third kappa shape index (κ3) is 3.50. The summed E-state index contributed by atoms with van der Waals surface area (Å²) in [5.74, 6) is 0.292. The number of piperazine rings is 1. The molecule has 172 valence electrons. The molecule has 0 N–H and O–H groups in total. The van der Waals surface area contributed by atoms with Crippen LogP contribution in [0.1, 0.15) is 16.5 Å². The molecule has 7 nitrogen and oxygen atoms in total. The highest BCUT2D eigenvalue weighted by Crippen LogP contribution is 2.36. The predicted molar refractivity (Wildman–Crippen MR) is 136 cm³/mol. The van der Waals surface area contributed by atoms with Crippen molar-refractivity contribution in [3.05, 3.63) is 86.8 Å². The fourth-order valence-corrected chi connectivity index (χ4v) is 5.62. The van der Waals surface area contributed by atoms with Crippen LogP contribution in [0, 0.1) is 0 Å². The van der Waals surface area contributed by atoms with Gasteiger partial charge in [-0.05, 0) is 48.3 Å². The molecule has 2 aromatic heterocycles. The average Bonchev–Trinajstić information content (AvgIpc) is 3.48. The van der Waals surface area contributed by atoms with Gasteiger partial charge in [0, 0.05) is 36.7 Å². The Labute approximate surface area is 201 Å². The van der Waals surface area contributed by atoms with Gasteiger partial charge in [-0.3, -0.25) is 19.1 Å². The number of nitrogens with zero attached hydrogens (tertiary/aromatic N) is 5. The van der Waals surface area contributed by atoms with Gasteiger partial charge in [-0.25, -0.2) is 4.98 Å². The second-order valence-electron chi connectivity index (χ2n) is 8.90. The first kappa shape index (κ1) is 21.1. The van der Waals surface area contributed by atoms with Crippen molar-refractivity contribution in [2.75, 3.05) is 43.0 Å². The summed E-state index contributed by atoms with van der Waals surface area (Å²) in [6, 6.07) is 18.8. The maximum absolute atomic E-state index is 13.7. The number of likely N-dealkylation sites (N-methyl/N-ethyl adjacent to an activating group) is 1. The van der Waals surface area contributed by atoms with Crippen LogP contribution in [0.4, 0.5) is 11.6 Å². The summed E-state index contributed by atoms with van der Waals surface area (Å²) in [4.78, 5) is 39.1. The van der Waals surface area contributed by atoms with Crippen LogP contribution in [0.2, 0.25) is 0 Å². The van der Waals surface area contributed by atoms with Gasteiger partial charge in [0.1, 0.15) is 0 Å². The van der Waals surface area contributed by atoms with E-state index in [-0.39, 0.29) is 11.5 Å². The van der Waals surface area contributed by atoms with Gasteiger partial charge in [-0.15, -0.1) is 11.3 Å². The smallest absolute Gasteiger partial charge is 0.263 e. The van der Waals surface area contributed by atoms with Crippen molar-refractivity contribution in [3.63, 3.8) is 0 Å². The molecule has 0 aliphatic carbocycles. The highest BCUT2D eigenvalue weighted by molar-refractivity contribution is 7.10. The highest BCUT2D eigenvalue weighted by atomic mass is 32.1. The number of hydrogen-bond donors (Lipinski definition) is 0. The molecule has 34 heavy (non-hydrogen) atoms. The number of para-hydroxylation sites is 1. The zero-order chi connectivity index (χ0) is 23.2. The van der Waals surface area contributed by atoms with Gasteiger partial charge in [0.15, 0.2) is 6.04 Å². The van der Waals surface area contributed by atoms with Gasteiger partial charge in [0.05, 0.1) is 17.4 Å². The molecule has 2 aliphatic rings. The molecule has 1 fully saturated rings. The number of thiophene rings is 1. The lowest BCUT2D eigenvalue weighted by molar-refractivity contribution is -0.119. The molecule has 1 unspecified atom stereocenters. The van der Waals surface area contributed by atoms with E-state index in [1.54, 1.807) is 15.5 Å². The van der Waals surface area contributed by atoms with Crippen molar-refractivity contribution >= 4 is 39.8 Å². The molecule has 0 radical (unpaired) electrons. The van der Waals surface area contributed by atoms with Crippen molar-refractivity contribution in [1.82, 2.24) is 14.5 Å². The van der Waals surface area contributed by atoms with Crippen molar-refractivity contribution in [2.45, 2.75) is 12.6 Å². The summed E-state index contributed by atoms with van der Waals surface area (Å²) in [5, 5.41) is 2.46. The SMILES string of the molecule is CN1CCN(c2ccc(CN3C(=O)C(c4cccs4)n4c3nc3ccccc3c4=O)cc2)CC1. The Hall–Kier alpha value is -3.49. The average molecular weight is 472 g/mol. The van der Waals surface area contributed by atoms with Crippen molar-refractivity contribution in [3.8, 4) is 0 Å². The zero-order valence-electron chi connectivity index (χ0n) is 18.9. The van der Waals surface area contributed by atoms with Crippen LogP contribution in [-0.4, -0.2) is 53.6 Å². The summed E-state index contributed by atoms with van der Waals surface area (Å²) in [6.45, 7) is 4.50. The lowest BCUT2D eigenvalue weighted by atomic mass is 10.1. The second kappa shape index (κ2) is 8.38. The Morgan fingerprint density at radius 3 is 2.44 bits per heavy atom. The fraction of sp³-hybridized carbons (Fsp3) is 0.269. The summed E-state index contributed by atoms with van der Waals surface area (Å²) in [7, 11) is 2.15. The molecule has 0 bridgehead atoms. The standard InChI is InChI=1S/C26H25N5O2S/c1-28-12-14-29(15-13-28)19-10-8-18(9-11-19)17-30-25(33)23(22-7-4-16-34-22)31-24(32)20-5-2-3-6-21(20)27-26(30)31/h2-11,16,23H,12-15,17H2,1H3. The molecule has 1 saturated heterocycles. The van der Waals surface area contributed by atoms with Crippen LogP contribution in [0.15, 0.2) is 70.8 Å². The lowest BCUT2D eigenvalue weighted by Crippen LogP contribution is -2.44. The first-order chi connectivity index (χ1) is 16.6. The van der Waals surface area contributed by atoms with Crippen molar-refractivity contribution in [2.24, 2.45) is 0 Å². The van der Waals surface area contributed by atoms with Crippen LogP contribution < -0.4 is 15.4 Å². The van der Waals surface area contributed by atoms with E-state index >= 15 is 0 Å². The molecular weight excluding hydrogens is 446 g/mol. The zero-order valence-corrected chi connectivity index (χ0v) is 19.7. The molecule has 8 heteroatoms. The van der Waals surface area contributed by atoms with E-state index < -0.39 is 6.04 Å². The van der Waals surface area contributed by atoms with E-state index in [4.69, 9.17) is 4.98 Å². The Bertz CT molecular complexity index is 1410. The molecular formula is C26H25N5O2S. The number of aromatic nitrogens is 2. The molecule has 0 spiro atoms. The number of carbonyl (C=O) groups excluding carboxylic acids is 1. The Kier molecular flexibility index (Phi) is 5.19. The van der Waals surface area contributed by atoms with Crippen LogP contribution in [0.25, 0.3) is 10.9 Å². The first-order valence-electron chi connectivity index (χ1n) is 11.5. The molecule has 4 heterocycles. The number of rotatable bonds is 4. The first-order valence-corrected chi connectivity index (χ1v) is 12.4. The second-order valence-corrected chi connectivity index (χ2v) is 9.88. The van der Waals surface area contributed by atoms with E-state index in [0.717, 1.165) is 36.6 Å². The third-order valence-corrected chi connectivity index (χ3v) is 7.67. The van der Waals surface area contributed by atoms with Crippen LogP contribution in [-0.2, 0) is 11.3 Å². The Morgan fingerprint density at radius 1 is 0.941 bits per heavy atom. The molecule has 2 aliphatic heterocycles.